The monoisotopic (exact) mass is 734 g/mol. The van der Waals surface area contributed by atoms with Gasteiger partial charge in [0.25, 0.3) is 0 Å². The summed E-state index contributed by atoms with van der Waals surface area (Å²) in [6.07, 6.45) is 10.0. The Morgan fingerprint density at radius 1 is 0.800 bits per heavy atom. The van der Waals surface area contributed by atoms with Gasteiger partial charge in [0.2, 0.25) is 0 Å². The van der Waals surface area contributed by atoms with Crippen molar-refractivity contribution in [3.05, 3.63) is 0 Å². The van der Waals surface area contributed by atoms with Gasteiger partial charge in [0.05, 0.1) is 0 Å². The van der Waals surface area contributed by atoms with Crippen molar-refractivity contribution in [3.63, 3.8) is 0 Å². The molecule has 0 aromatic carbocycles. The van der Waals surface area contributed by atoms with Crippen molar-refractivity contribution in [2.75, 3.05) is 26.2 Å². The van der Waals surface area contributed by atoms with Gasteiger partial charge in [-0.1, -0.05) is 118 Å². The molecule has 2 aliphatic rings. The maximum Gasteiger partial charge on any atom is 1.00 e. The summed E-state index contributed by atoms with van der Waals surface area (Å²) in [7, 11) is 0. The van der Waals surface area contributed by atoms with Crippen molar-refractivity contribution in [2.24, 2.45) is 0 Å². The zero-order valence-electron chi connectivity index (χ0n) is 21.9. The van der Waals surface area contributed by atoms with Crippen molar-refractivity contribution in [3.8, 4) is 0 Å². The van der Waals surface area contributed by atoms with E-state index in [1.165, 1.54) is 64.1 Å². The Bertz CT molecular complexity index is 616. The molecule has 0 aromatic heterocycles. The molecule has 2 heterocycles. The van der Waals surface area contributed by atoms with Crippen LogP contribution < -0.4 is 29.6 Å². The Morgan fingerprint density at radius 3 is 1.27 bits per heavy atom. The standard InChI is InChI=1S/C11H19NO2S2.C7H13NS2.C3H6O.CHCl3.4CH4.ClH.Na/c1-11(2,9(13)14)16-10(15)12-7-5-3-4-6-8-12;9-7(10)8-5-3-1-2-4-6-8;1-3(2)4;2-1(3)4;;;;;;/h3-8H2,1-2H3,(H,13,14);1-6H2,(H,9,10);1-2H3;1H;4*1H4;1H;/q;;;;;;;;;+1/p-1. The van der Waals surface area contributed by atoms with Crippen LogP contribution in [0, 0.1) is 0 Å². The Morgan fingerprint density at radius 2 is 1.05 bits per heavy atom. The van der Waals surface area contributed by atoms with E-state index in [0.29, 0.717) is 4.32 Å². The zero-order chi connectivity index (χ0) is 26.7. The predicted molar refractivity (Wildman–Crippen MR) is 194 cm³/mol. The number of hydrogen-bond acceptors (Lipinski definition) is 6. The van der Waals surface area contributed by atoms with Gasteiger partial charge in [0, 0.05) is 26.2 Å². The fourth-order valence-corrected chi connectivity index (χ4v) is 4.84. The summed E-state index contributed by atoms with van der Waals surface area (Å²) in [6.45, 7) is 10.6. The van der Waals surface area contributed by atoms with Crippen molar-refractivity contribution in [1.29, 1.82) is 0 Å². The van der Waals surface area contributed by atoms with Crippen LogP contribution >= 0.6 is 83.4 Å². The van der Waals surface area contributed by atoms with E-state index in [1.807, 2.05) is 0 Å². The summed E-state index contributed by atoms with van der Waals surface area (Å²) >= 11 is 30.9. The first-order valence-corrected chi connectivity index (χ1v) is 14.6. The third-order valence-corrected chi connectivity index (χ3v) is 6.73. The zero-order valence-corrected chi connectivity index (χ0v) is 30.2. The van der Waals surface area contributed by atoms with E-state index in [1.54, 1.807) is 13.8 Å². The topological polar surface area (TPSA) is 60.9 Å². The quantitative estimate of drug-likeness (QED) is 0.140. The molecule has 40 heavy (non-hydrogen) atoms. The van der Waals surface area contributed by atoms with Gasteiger partial charge < -0.3 is 44.5 Å². The smallest absolute Gasteiger partial charge is 0.480 e. The maximum absolute atomic E-state index is 11.0. The van der Waals surface area contributed by atoms with Crippen LogP contribution in [0.1, 0.15) is 109 Å². The van der Waals surface area contributed by atoms with Gasteiger partial charge in [-0.05, 0) is 53.4 Å². The molecule has 0 aliphatic carbocycles. The second-order valence-electron chi connectivity index (χ2n) is 8.41. The molecule has 0 amide bonds. The van der Waals surface area contributed by atoms with Crippen LogP contribution in [0.25, 0.3) is 0 Å². The van der Waals surface area contributed by atoms with Crippen LogP contribution in [0.3, 0.4) is 0 Å². The Hall–Kier alpha value is 1.65. The molecule has 0 spiro atoms. The molecule has 2 fully saturated rings. The molecule has 0 atom stereocenters. The minimum atomic E-state index is -0.830. The van der Waals surface area contributed by atoms with Gasteiger partial charge in [0.1, 0.15) is 14.9 Å². The van der Waals surface area contributed by atoms with Crippen LogP contribution in [-0.2, 0) is 22.2 Å². The van der Waals surface area contributed by atoms with Crippen LogP contribution in [-0.4, -0.2) is 70.5 Å². The number of nitrogens with zero attached hydrogens (tertiary/aromatic N) is 2. The third kappa shape index (κ3) is 39.6. The van der Waals surface area contributed by atoms with Gasteiger partial charge in [-0.15, -0.1) is 12.4 Å². The van der Waals surface area contributed by atoms with E-state index in [9.17, 15) is 9.59 Å². The molecule has 240 valence electrons. The number of thiocarbonyl (C=S) groups is 2. The average molecular weight is 737 g/mol. The van der Waals surface area contributed by atoms with E-state index in [2.05, 4.69) is 9.80 Å². The third-order valence-electron chi connectivity index (χ3n) is 4.59. The van der Waals surface area contributed by atoms with E-state index in [4.69, 9.17) is 77.0 Å². The molecule has 2 rings (SSSR count). The molecule has 0 radical (unpaired) electrons. The Balaban J connectivity index is -0.0000000622. The van der Waals surface area contributed by atoms with E-state index in [-0.39, 0.29) is 77.5 Å². The van der Waals surface area contributed by atoms with Crippen molar-refractivity contribution in [2.45, 2.75) is 118 Å². The predicted octanol–water partition coefficient (Wildman–Crippen LogP) is 6.99. The van der Waals surface area contributed by atoms with Crippen LogP contribution in [0.15, 0.2) is 0 Å². The first kappa shape index (κ1) is 60.8. The first-order valence-electron chi connectivity index (χ1n) is 11.3. The fraction of sp³-hybridized carbons (Fsp3) is 0.846. The van der Waals surface area contributed by atoms with Gasteiger partial charge in [-0.2, -0.15) is 0 Å². The van der Waals surface area contributed by atoms with E-state index >= 15 is 0 Å². The van der Waals surface area contributed by atoms with Crippen molar-refractivity contribution < 1.29 is 44.3 Å². The molecule has 0 unspecified atom stereocenters. The molecule has 14 heteroatoms. The van der Waals surface area contributed by atoms with Gasteiger partial charge in [0.15, 0.2) is 4.30 Å². The van der Waals surface area contributed by atoms with E-state index in [0.717, 1.165) is 43.3 Å². The normalized spacial score (nSPS) is 13.8. The maximum atomic E-state index is 11.0. The summed E-state index contributed by atoms with van der Waals surface area (Å²) in [5.74, 6) is -0.644. The first-order chi connectivity index (χ1) is 15.7. The summed E-state index contributed by atoms with van der Waals surface area (Å²) in [4.78, 5) is 24.7. The number of thioether (sulfide) groups is 1. The number of likely N-dealkylation sites (tertiary alicyclic amines) is 2. The largest absolute Gasteiger partial charge is 1.00 e. The number of carboxylic acid groups (broad SMARTS) is 1. The minimum absolute atomic E-state index is 0. The van der Waals surface area contributed by atoms with Crippen LogP contribution in [0.2, 0.25) is 0 Å². The van der Waals surface area contributed by atoms with Gasteiger partial charge in [-0.3, -0.25) is 4.79 Å². The number of carbonyl (C=O) groups is 2. The molecule has 2 aliphatic heterocycles. The minimum Gasteiger partial charge on any atom is -0.480 e. The summed E-state index contributed by atoms with van der Waals surface area (Å²) < 4.78 is -0.195. The number of rotatable bonds is 2. The summed E-state index contributed by atoms with van der Waals surface area (Å²) in [6, 6.07) is 0. The molecule has 2 saturated heterocycles. The fourth-order valence-electron chi connectivity index (χ4n) is 2.83. The number of aliphatic carboxylic acids is 1. The second-order valence-corrected chi connectivity index (χ2v) is 13.7. The van der Waals surface area contributed by atoms with Gasteiger partial charge in [-0.25, -0.2) is 0 Å². The number of Topliss-reactive ketones (excluding diaryl/α,β-unsaturated/α-hetero) is 1. The van der Waals surface area contributed by atoms with Crippen molar-refractivity contribution >= 4 is 116 Å². The number of carboxylic acids is 1. The van der Waals surface area contributed by atoms with Crippen LogP contribution in [0.5, 0.6) is 0 Å². The SMILES string of the molecule is C.C.C.C.CC(C)(SC(=S)N1CCCCCC1)C(=O)O.CC(C)=O.Cl.ClC(Cl)Cl.S=C([S-])N1CCCCCC1.[Na+]. The van der Waals surface area contributed by atoms with Gasteiger partial charge >= 0.3 is 35.5 Å². The number of alkyl halides is 3. The van der Waals surface area contributed by atoms with Crippen molar-refractivity contribution in [1.82, 2.24) is 9.80 Å². The Labute approximate surface area is 311 Å². The van der Waals surface area contributed by atoms with Crippen LogP contribution in [0.4, 0.5) is 0 Å². The number of hydrogen-bond donors (Lipinski definition) is 1. The number of ketones is 1. The second kappa shape index (κ2) is 36.8. The summed E-state index contributed by atoms with van der Waals surface area (Å²) in [5.41, 5.74) is 0. The molecule has 0 aromatic rings. The Kier molecular flexibility index (Phi) is 56.0. The molecule has 1 N–H and O–H groups in total. The molecule has 5 nitrogen and oxygen atoms in total. The number of carbonyl (C=O) groups excluding carboxylic acids is 1. The molecule has 0 bridgehead atoms. The molecular weight excluding hydrogens is 681 g/mol. The molecule has 0 saturated carbocycles. The average Bonchev–Trinajstić information content (AvgIpc) is 3.13. The summed E-state index contributed by atoms with van der Waals surface area (Å²) in [5, 5.41) is 9.05. The van der Waals surface area contributed by atoms with E-state index < -0.39 is 15.0 Å². The molecular formula is C26H55Cl4N2NaO3S4. The number of halogens is 4.